The van der Waals surface area contributed by atoms with Crippen molar-refractivity contribution in [1.82, 2.24) is 10.2 Å². The van der Waals surface area contributed by atoms with Gasteiger partial charge in [-0.3, -0.25) is 24.0 Å². The second-order valence-corrected chi connectivity index (χ2v) is 15.2. The zero-order valence-corrected chi connectivity index (χ0v) is 33.1. The lowest BCUT2D eigenvalue weighted by molar-refractivity contribution is -0.144. The summed E-state index contributed by atoms with van der Waals surface area (Å²) in [6.45, 7) is 4.23. The van der Waals surface area contributed by atoms with Crippen molar-refractivity contribution in [2.24, 2.45) is 17.6 Å². The molecular formula is C44H62N4O7. The fourth-order valence-corrected chi connectivity index (χ4v) is 7.42. The lowest BCUT2D eigenvalue weighted by atomic mass is 9.88. The first kappa shape index (κ1) is 44.8. The number of rotatable bonds is 21. The molecule has 4 atom stereocenters. The second-order valence-electron chi connectivity index (χ2n) is 15.2. The van der Waals surface area contributed by atoms with Crippen molar-refractivity contribution in [3.8, 4) is 28.7 Å². The quantitative estimate of drug-likeness (QED) is 0.0940. The highest BCUT2D eigenvalue weighted by Crippen LogP contribution is 2.39. The normalized spacial score (nSPS) is 17.8. The van der Waals surface area contributed by atoms with Gasteiger partial charge in [0.2, 0.25) is 11.8 Å². The topological polar surface area (TPSA) is 191 Å². The Kier molecular flexibility index (Phi) is 19.1. The van der Waals surface area contributed by atoms with Gasteiger partial charge in [0.15, 0.2) is 11.6 Å². The minimum Gasteiger partial charge on any atom is -0.507 e. The van der Waals surface area contributed by atoms with Crippen LogP contribution < -0.4 is 11.1 Å². The molecule has 3 rings (SSSR count). The van der Waals surface area contributed by atoms with E-state index < -0.39 is 35.6 Å². The van der Waals surface area contributed by atoms with E-state index in [1.165, 1.54) is 56.2 Å². The number of aromatic hydroxyl groups is 2. The number of hydrogen-bond donors (Lipinski definition) is 4. The summed E-state index contributed by atoms with van der Waals surface area (Å²) in [7, 11) is 1.52. The number of likely N-dealkylation sites (N-methyl/N-ethyl adjacent to an activating group) is 1. The lowest BCUT2D eigenvalue weighted by Crippen LogP contribution is -2.45. The standard InChI is InChI=1S/C44H62N4O7/c1-4-5-6-7-8-9-10-11-12-17-34(49)28-33(16-13-14-23-45)44(55)48(3)42-32-20-22-39(51)36(29-32)35-26-31(19-21-38(35)50)27-37(40(52)18-15-24-46)47-43(54)30(2)25-41(42)53/h19-22,26,29-30,33,37,42,50-51H,4-18,23,25,27-28,45H2,1-3H3,(H,47,54)/t30-,33-,37+,42+/m1/s1. The molecule has 1 aliphatic rings. The third kappa shape index (κ3) is 13.9. The number of fused-ring (bicyclic) bond motifs is 5. The molecule has 0 saturated carbocycles. The average Bonchev–Trinajstić information content (AvgIpc) is 3.16. The molecule has 5 N–H and O–H groups in total. The fraction of sp³-hybridized carbons (Fsp3) is 0.591. The Hall–Kier alpha value is -4.56. The summed E-state index contributed by atoms with van der Waals surface area (Å²) < 4.78 is 0. The number of unbranched alkanes of at least 4 members (excludes halogenated alkanes) is 9. The van der Waals surface area contributed by atoms with Crippen molar-refractivity contribution >= 4 is 29.2 Å². The first-order valence-electron chi connectivity index (χ1n) is 20.3. The predicted octanol–water partition coefficient (Wildman–Crippen LogP) is 7.40. The number of carbonyl (C=O) groups excluding carboxylic acids is 5. The zero-order valence-electron chi connectivity index (χ0n) is 33.1. The molecule has 300 valence electrons. The van der Waals surface area contributed by atoms with Crippen molar-refractivity contribution in [2.75, 3.05) is 13.6 Å². The Balaban J connectivity index is 1.93. The van der Waals surface area contributed by atoms with E-state index in [0.717, 1.165) is 25.7 Å². The van der Waals surface area contributed by atoms with Crippen molar-refractivity contribution in [2.45, 2.75) is 142 Å². The number of amides is 2. The molecule has 0 aliphatic carbocycles. The fourth-order valence-electron chi connectivity index (χ4n) is 7.42. The van der Waals surface area contributed by atoms with E-state index in [1.54, 1.807) is 31.2 Å². The summed E-state index contributed by atoms with van der Waals surface area (Å²) >= 11 is 0. The molecule has 1 aliphatic heterocycles. The van der Waals surface area contributed by atoms with Crippen LogP contribution in [0.3, 0.4) is 0 Å². The summed E-state index contributed by atoms with van der Waals surface area (Å²) in [5.41, 5.74) is 7.18. The van der Waals surface area contributed by atoms with Gasteiger partial charge in [-0.1, -0.05) is 83.8 Å². The number of nitrogens with one attached hydrogen (secondary N) is 1. The monoisotopic (exact) mass is 758 g/mol. The Morgan fingerprint density at radius 3 is 2.18 bits per heavy atom. The van der Waals surface area contributed by atoms with Gasteiger partial charge in [0, 0.05) is 62.1 Å². The Morgan fingerprint density at radius 2 is 1.53 bits per heavy atom. The summed E-state index contributed by atoms with van der Waals surface area (Å²) in [5, 5.41) is 33.8. The molecule has 2 amide bonds. The maximum absolute atomic E-state index is 14.4. The maximum atomic E-state index is 14.4. The number of phenols is 2. The maximum Gasteiger partial charge on any atom is 0.226 e. The van der Waals surface area contributed by atoms with Gasteiger partial charge < -0.3 is 26.2 Å². The first-order valence-corrected chi connectivity index (χ1v) is 20.3. The van der Waals surface area contributed by atoms with Crippen LogP contribution in [0.15, 0.2) is 36.4 Å². The van der Waals surface area contributed by atoms with Crippen molar-refractivity contribution in [1.29, 1.82) is 5.26 Å². The van der Waals surface area contributed by atoms with E-state index in [0.29, 0.717) is 43.4 Å². The van der Waals surface area contributed by atoms with E-state index in [4.69, 9.17) is 11.0 Å². The van der Waals surface area contributed by atoms with E-state index in [1.807, 2.05) is 6.07 Å². The molecule has 4 bridgehead atoms. The van der Waals surface area contributed by atoms with Gasteiger partial charge in [0.05, 0.1) is 12.1 Å². The van der Waals surface area contributed by atoms with E-state index in [9.17, 15) is 34.2 Å². The van der Waals surface area contributed by atoms with Gasteiger partial charge in [-0.2, -0.15) is 5.26 Å². The highest BCUT2D eigenvalue weighted by atomic mass is 16.3. The third-order valence-corrected chi connectivity index (χ3v) is 10.7. The molecule has 0 fully saturated rings. The first-order chi connectivity index (χ1) is 26.4. The van der Waals surface area contributed by atoms with Crippen LogP contribution in [-0.4, -0.2) is 63.9 Å². The molecule has 11 nitrogen and oxygen atoms in total. The van der Waals surface area contributed by atoms with Gasteiger partial charge in [-0.25, -0.2) is 0 Å². The predicted molar refractivity (Wildman–Crippen MR) is 213 cm³/mol. The summed E-state index contributed by atoms with van der Waals surface area (Å²) in [6.07, 6.45) is 12.0. The van der Waals surface area contributed by atoms with Gasteiger partial charge in [0.1, 0.15) is 23.3 Å². The largest absolute Gasteiger partial charge is 0.507 e. The van der Waals surface area contributed by atoms with Crippen molar-refractivity contribution < 1.29 is 34.2 Å². The molecule has 0 radical (unpaired) electrons. The number of benzene rings is 2. The molecule has 2 aromatic carbocycles. The number of ketones is 3. The Morgan fingerprint density at radius 1 is 0.891 bits per heavy atom. The molecule has 1 heterocycles. The smallest absolute Gasteiger partial charge is 0.226 e. The molecule has 0 saturated heterocycles. The number of phenolic OH excluding ortho intramolecular Hbond substituents is 2. The third-order valence-electron chi connectivity index (χ3n) is 10.7. The van der Waals surface area contributed by atoms with Crippen LogP contribution in [0.2, 0.25) is 0 Å². The second kappa shape index (κ2) is 23.4. The minimum atomic E-state index is -1.19. The van der Waals surface area contributed by atoms with Crippen LogP contribution in [0.25, 0.3) is 11.1 Å². The van der Waals surface area contributed by atoms with Crippen LogP contribution in [0.4, 0.5) is 0 Å². The molecule has 2 aromatic rings. The van der Waals surface area contributed by atoms with Crippen LogP contribution in [0.1, 0.15) is 140 Å². The van der Waals surface area contributed by atoms with Crippen LogP contribution in [0.5, 0.6) is 11.5 Å². The SMILES string of the molecule is CCCCCCCCCCCC(=O)C[C@@H](CCCCN)C(=O)N(C)[C@@H]1C(=O)C[C@@H](C)C(=O)N[C@H](C(=O)CCC#N)Cc2ccc(O)c(c2)-c2cc1ccc2O. The number of nitrogens with zero attached hydrogens (tertiary/aromatic N) is 2. The molecule has 0 aromatic heterocycles. The molecular weight excluding hydrogens is 697 g/mol. The summed E-state index contributed by atoms with van der Waals surface area (Å²) in [5.74, 6) is -3.58. The van der Waals surface area contributed by atoms with Crippen molar-refractivity contribution in [3.05, 3.63) is 47.5 Å². The lowest BCUT2D eigenvalue weighted by Gasteiger charge is -2.32. The molecule has 0 unspecified atom stereocenters. The highest BCUT2D eigenvalue weighted by molar-refractivity contribution is 5.96. The number of nitriles is 1. The highest BCUT2D eigenvalue weighted by Gasteiger charge is 2.36. The van der Waals surface area contributed by atoms with Gasteiger partial charge in [-0.15, -0.1) is 0 Å². The number of carbonyl (C=O) groups is 5. The number of hydrogen-bond acceptors (Lipinski definition) is 9. The van der Waals surface area contributed by atoms with Gasteiger partial charge in [0.25, 0.3) is 0 Å². The van der Waals surface area contributed by atoms with E-state index >= 15 is 0 Å². The number of Topliss-reactive ketones (excluding diaryl/α,β-unsaturated/α-hetero) is 3. The molecule has 55 heavy (non-hydrogen) atoms. The summed E-state index contributed by atoms with van der Waals surface area (Å²) in [6, 6.07) is 8.93. The minimum absolute atomic E-state index is 0.00576. The number of nitrogens with two attached hydrogens (primary N) is 1. The van der Waals surface area contributed by atoms with E-state index in [2.05, 4.69) is 12.2 Å². The zero-order chi connectivity index (χ0) is 40.3. The Labute approximate surface area is 327 Å². The van der Waals surface area contributed by atoms with Gasteiger partial charge >= 0.3 is 0 Å². The van der Waals surface area contributed by atoms with Gasteiger partial charge in [-0.05, 0) is 67.6 Å². The molecule has 11 heteroatoms. The summed E-state index contributed by atoms with van der Waals surface area (Å²) in [4.78, 5) is 70.0. The molecule has 0 spiro atoms. The van der Waals surface area contributed by atoms with Crippen LogP contribution >= 0.6 is 0 Å². The van der Waals surface area contributed by atoms with E-state index in [-0.39, 0.29) is 72.2 Å². The van der Waals surface area contributed by atoms with Crippen molar-refractivity contribution in [3.63, 3.8) is 0 Å². The van der Waals surface area contributed by atoms with Crippen LogP contribution in [0, 0.1) is 23.2 Å². The van der Waals surface area contributed by atoms with Crippen LogP contribution in [-0.2, 0) is 30.4 Å². The Bertz CT molecular complexity index is 1650. The average molecular weight is 759 g/mol.